The van der Waals surface area contributed by atoms with Crippen LogP contribution in [-0.4, -0.2) is 43.1 Å². The van der Waals surface area contributed by atoms with Gasteiger partial charge in [0, 0.05) is 24.8 Å². The van der Waals surface area contributed by atoms with Gasteiger partial charge in [-0.15, -0.1) is 0 Å². The number of piperidine rings is 1. The molecule has 6 nitrogen and oxygen atoms in total. The smallest absolute Gasteiger partial charge is 0.321 e. The van der Waals surface area contributed by atoms with E-state index in [-0.39, 0.29) is 23.9 Å². The van der Waals surface area contributed by atoms with Crippen LogP contribution in [0.25, 0.3) is 0 Å². The number of urea groups is 1. The molecule has 1 saturated heterocycles. The Balaban J connectivity index is 1.53. The number of anilines is 1. The Bertz CT molecular complexity index is 647. The van der Waals surface area contributed by atoms with E-state index in [4.69, 9.17) is 4.74 Å². The number of nitrogens with one attached hydrogen (secondary N) is 2. The van der Waals surface area contributed by atoms with Crippen LogP contribution in [-0.2, 0) is 4.79 Å². The van der Waals surface area contributed by atoms with E-state index in [1.165, 1.54) is 19.3 Å². The summed E-state index contributed by atoms with van der Waals surface area (Å²) >= 11 is 0. The molecular weight excluding hydrogens is 342 g/mol. The summed E-state index contributed by atoms with van der Waals surface area (Å²) in [4.78, 5) is 27.1. The molecule has 1 heterocycles. The lowest BCUT2D eigenvalue weighted by molar-refractivity contribution is -0.127. The quantitative estimate of drug-likeness (QED) is 0.847. The van der Waals surface area contributed by atoms with Gasteiger partial charge in [0.1, 0.15) is 5.75 Å². The first-order valence-electron chi connectivity index (χ1n) is 10.1. The first-order valence-corrected chi connectivity index (χ1v) is 10.1. The van der Waals surface area contributed by atoms with Crippen molar-refractivity contribution in [3.05, 3.63) is 24.3 Å². The Morgan fingerprint density at radius 3 is 2.52 bits per heavy atom. The maximum absolute atomic E-state index is 12.7. The minimum atomic E-state index is -0.149. The summed E-state index contributed by atoms with van der Waals surface area (Å²) in [5.74, 6) is 1.28. The predicted octanol–water partition coefficient (Wildman–Crippen LogP) is 3.63. The lowest BCUT2D eigenvalue weighted by atomic mass is 9.85. The Morgan fingerprint density at radius 2 is 1.81 bits per heavy atom. The fraction of sp³-hybridized carbons (Fsp3) is 0.619. The number of hydrogen-bond acceptors (Lipinski definition) is 3. The van der Waals surface area contributed by atoms with E-state index in [2.05, 4.69) is 17.6 Å². The molecule has 6 heteroatoms. The molecule has 27 heavy (non-hydrogen) atoms. The van der Waals surface area contributed by atoms with Crippen molar-refractivity contribution in [2.75, 3.05) is 25.5 Å². The van der Waals surface area contributed by atoms with Crippen LogP contribution in [0.5, 0.6) is 5.75 Å². The molecular formula is C21H31N3O3. The molecule has 2 aliphatic rings. The second-order valence-electron chi connectivity index (χ2n) is 7.82. The molecule has 3 atom stereocenters. The highest BCUT2D eigenvalue weighted by molar-refractivity contribution is 5.90. The first kappa shape index (κ1) is 19.5. The highest BCUT2D eigenvalue weighted by Gasteiger charge is 2.31. The highest BCUT2D eigenvalue weighted by atomic mass is 16.5. The maximum atomic E-state index is 12.7. The largest absolute Gasteiger partial charge is 0.497 e. The van der Waals surface area contributed by atoms with E-state index >= 15 is 0 Å². The minimum Gasteiger partial charge on any atom is -0.497 e. The molecule has 148 valence electrons. The lowest BCUT2D eigenvalue weighted by Crippen LogP contribution is -2.50. The van der Waals surface area contributed by atoms with Crippen molar-refractivity contribution in [2.24, 2.45) is 11.8 Å². The van der Waals surface area contributed by atoms with Crippen molar-refractivity contribution in [2.45, 2.75) is 51.5 Å². The normalized spacial score (nSPS) is 25.6. The fourth-order valence-electron chi connectivity index (χ4n) is 4.08. The third kappa shape index (κ3) is 5.15. The van der Waals surface area contributed by atoms with Gasteiger partial charge in [-0.1, -0.05) is 19.8 Å². The van der Waals surface area contributed by atoms with Gasteiger partial charge in [-0.3, -0.25) is 4.79 Å². The van der Waals surface area contributed by atoms with Gasteiger partial charge in [0.2, 0.25) is 5.91 Å². The van der Waals surface area contributed by atoms with Crippen molar-refractivity contribution < 1.29 is 14.3 Å². The molecule has 1 aromatic rings. The summed E-state index contributed by atoms with van der Waals surface area (Å²) in [6.45, 7) is 3.39. The molecule has 1 saturated carbocycles. The van der Waals surface area contributed by atoms with E-state index < -0.39 is 0 Å². The van der Waals surface area contributed by atoms with Crippen LogP contribution in [0.2, 0.25) is 0 Å². The van der Waals surface area contributed by atoms with Crippen molar-refractivity contribution in [3.8, 4) is 5.75 Å². The number of carbonyl (C=O) groups excluding carboxylic acids is 2. The van der Waals surface area contributed by atoms with Crippen LogP contribution >= 0.6 is 0 Å². The highest BCUT2D eigenvalue weighted by Crippen LogP contribution is 2.25. The summed E-state index contributed by atoms with van der Waals surface area (Å²) in [6, 6.07) is 7.39. The SMILES string of the molecule is COc1ccc(NC(=O)N2CCCC(C(=O)NC3CCCCC3C)C2)cc1. The number of carbonyl (C=O) groups is 2. The van der Waals surface area contributed by atoms with Crippen LogP contribution in [0.4, 0.5) is 10.5 Å². The number of amides is 3. The average Bonchev–Trinajstić information content (AvgIpc) is 2.70. The van der Waals surface area contributed by atoms with Gasteiger partial charge in [-0.2, -0.15) is 0 Å². The second-order valence-corrected chi connectivity index (χ2v) is 7.82. The average molecular weight is 373 g/mol. The summed E-state index contributed by atoms with van der Waals surface area (Å²) in [6.07, 6.45) is 6.41. The lowest BCUT2D eigenvalue weighted by Gasteiger charge is -2.35. The predicted molar refractivity (Wildman–Crippen MR) is 106 cm³/mol. The molecule has 0 aromatic heterocycles. The monoisotopic (exact) mass is 373 g/mol. The van der Waals surface area contributed by atoms with E-state index in [1.54, 1.807) is 12.0 Å². The third-order valence-electron chi connectivity index (χ3n) is 5.86. The van der Waals surface area contributed by atoms with Crippen LogP contribution in [0.15, 0.2) is 24.3 Å². The van der Waals surface area contributed by atoms with Crippen LogP contribution in [0, 0.1) is 11.8 Å². The molecule has 2 N–H and O–H groups in total. The zero-order chi connectivity index (χ0) is 19.2. The molecule has 3 rings (SSSR count). The van der Waals surface area contributed by atoms with E-state index in [0.29, 0.717) is 19.0 Å². The maximum Gasteiger partial charge on any atom is 0.321 e. The van der Waals surface area contributed by atoms with Gasteiger partial charge in [0.15, 0.2) is 0 Å². The topological polar surface area (TPSA) is 70.7 Å². The zero-order valence-corrected chi connectivity index (χ0v) is 16.4. The second kappa shape index (κ2) is 9.11. The molecule has 0 bridgehead atoms. The fourth-order valence-corrected chi connectivity index (χ4v) is 4.08. The van der Waals surface area contributed by atoms with Crippen LogP contribution < -0.4 is 15.4 Å². The Morgan fingerprint density at radius 1 is 1.07 bits per heavy atom. The van der Waals surface area contributed by atoms with Crippen molar-refractivity contribution in [1.29, 1.82) is 0 Å². The third-order valence-corrected chi connectivity index (χ3v) is 5.86. The summed E-state index contributed by atoms with van der Waals surface area (Å²) < 4.78 is 5.13. The molecule has 3 unspecified atom stereocenters. The molecule has 0 spiro atoms. The zero-order valence-electron chi connectivity index (χ0n) is 16.4. The van der Waals surface area contributed by atoms with Crippen molar-refractivity contribution >= 4 is 17.6 Å². The standard InChI is InChI=1S/C21H31N3O3/c1-15-6-3-4-8-19(15)23-20(25)16-7-5-13-24(14-16)21(26)22-17-9-11-18(27-2)12-10-17/h9-12,15-16,19H,3-8,13-14H2,1-2H3,(H,22,26)(H,23,25). The molecule has 0 radical (unpaired) electrons. The molecule has 1 aromatic carbocycles. The van der Waals surface area contributed by atoms with Crippen LogP contribution in [0.1, 0.15) is 45.4 Å². The molecule has 3 amide bonds. The summed E-state index contributed by atoms with van der Waals surface area (Å²) in [7, 11) is 1.61. The van der Waals surface area contributed by atoms with Crippen molar-refractivity contribution in [3.63, 3.8) is 0 Å². The summed E-state index contributed by atoms with van der Waals surface area (Å²) in [5.41, 5.74) is 0.725. The molecule has 1 aliphatic carbocycles. The number of nitrogens with zero attached hydrogens (tertiary/aromatic N) is 1. The Labute approximate surface area is 161 Å². The van der Waals surface area contributed by atoms with Gasteiger partial charge in [-0.25, -0.2) is 4.79 Å². The van der Waals surface area contributed by atoms with Gasteiger partial charge in [-0.05, 0) is 55.9 Å². The minimum absolute atomic E-state index is 0.107. The number of ether oxygens (including phenoxy) is 1. The first-order chi connectivity index (χ1) is 13.1. The Hall–Kier alpha value is -2.24. The summed E-state index contributed by atoms with van der Waals surface area (Å²) in [5, 5.41) is 6.16. The van der Waals surface area contributed by atoms with E-state index in [1.807, 2.05) is 24.3 Å². The molecule has 2 fully saturated rings. The molecule has 1 aliphatic heterocycles. The van der Waals surface area contributed by atoms with E-state index in [9.17, 15) is 9.59 Å². The number of hydrogen-bond donors (Lipinski definition) is 2. The van der Waals surface area contributed by atoms with Gasteiger partial charge < -0.3 is 20.3 Å². The number of methoxy groups -OCH3 is 1. The van der Waals surface area contributed by atoms with Gasteiger partial charge in [0.25, 0.3) is 0 Å². The van der Waals surface area contributed by atoms with Crippen molar-refractivity contribution in [1.82, 2.24) is 10.2 Å². The number of rotatable bonds is 4. The number of benzene rings is 1. The van der Waals surface area contributed by atoms with Gasteiger partial charge in [0.05, 0.1) is 13.0 Å². The number of likely N-dealkylation sites (tertiary alicyclic amines) is 1. The van der Waals surface area contributed by atoms with Gasteiger partial charge >= 0.3 is 6.03 Å². The van der Waals surface area contributed by atoms with Crippen LogP contribution in [0.3, 0.4) is 0 Å². The Kier molecular flexibility index (Phi) is 6.58. The van der Waals surface area contributed by atoms with E-state index in [0.717, 1.165) is 30.7 Å².